The quantitative estimate of drug-likeness (QED) is 0.327. The fourth-order valence-corrected chi connectivity index (χ4v) is 7.30. The first kappa shape index (κ1) is 24.0. The molecule has 28 heavy (non-hydrogen) atoms. The SMILES string of the molecule is O=C(OC1CCCCCCCCCC(P(=O)(O)O)(P(=O)(O)O)C1)[C@H]1CCCN1. The van der Waals surface area contributed by atoms with Crippen LogP contribution in [-0.4, -0.2) is 49.1 Å². The minimum absolute atomic E-state index is 0.294. The van der Waals surface area contributed by atoms with Crippen molar-refractivity contribution >= 4 is 21.2 Å². The first-order valence-corrected chi connectivity index (χ1v) is 13.3. The van der Waals surface area contributed by atoms with Crippen molar-refractivity contribution in [3.63, 3.8) is 0 Å². The normalized spacial score (nSPS) is 28.1. The van der Waals surface area contributed by atoms with Crippen LogP contribution in [0.15, 0.2) is 0 Å². The molecule has 2 rings (SSSR count). The van der Waals surface area contributed by atoms with E-state index in [4.69, 9.17) is 4.74 Å². The van der Waals surface area contributed by atoms with Gasteiger partial charge in [0.25, 0.3) is 0 Å². The standard InChI is InChI=1S/C17H33NO8P2/c19-16(15-10-8-12-18-15)26-14-9-6-4-2-1-3-5-7-11-17(13-14,27(20,21)22)28(23,24)25/h14-15,18H,1-13H2,(H2,20,21,22)(H2,23,24,25)/t14?,15-/m1/s1. The number of hydrogen-bond acceptors (Lipinski definition) is 5. The second kappa shape index (κ2) is 10.2. The highest BCUT2D eigenvalue weighted by molar-refractivity contribution is 7.72. The molecule has 2 fully saturated rings. The van der Waals surface area contributed by atoms with Gasteiger partial charge in [-0.2, -0.15) is 0 Å². The van der Waals surface area contributed by atoms with E-state index in [-0.39, 0.29) is 6.42 Å². The summed E-state index contributed by atoms with van der Waals surface area (Å²) in [5.74, 6) is -0.514. The van der Waals surface area contributed by atoms with E-state index in [1.54, 1.807) is 0 Å². The zero-order chi connectivity index (χ0) is 20.8. The summed E-state index contributed by atoms with van der Waals surface area (Å²) in [7, 11) is -10.4. The molecular weight excluding hydrogens is 408 g/mol. The Balaban J connectivity index is 2.29. The minimum Gasteiger partial charge on any atom is -0.461 e. The van der Waals surface area contributed by atoms with Crippen LogP contribution in [0.1, 0.15) is 77.0 Å². The molecule has 0 spiro atoms. The molecule has 1 saturated carbocycles. The van der Waals surface area contributed by atoms with Crippen molar-refractivity contribution in [2.24, 2.45) is 0 Å². The van der Waals surface area contributed by atoms with Gasteiger partial charge < -0.3 is 29.6 Å². The Kier molecular flexibility index (Phi) is 8.71. The van der Waals surface area contributed by atoms with Gasteiger partial charge in [-0.15, -0.1) is 0 Å². The lowest BCUT2D eigenvalue weighted by Gasteiger charge is -2.37. The molecule has 0 bridgehead atoms. The molecule has 1 aliphatic carbocycles. The Morgan fingerprint density at radius 1 is 0.857 bits per heavy atom. The van der Waals surface area contributed by atoms with Gasteiger partial charge in [0.15, 0.2) is 4.90 Å². The lowest BCUT2D eigenvalue weighted by molar-refractivity contribution is -0.152. The van der Waals surface area contributed by atoms with Gasteiger partial charge in [-0.25, -0.2) is 0 Å². The van der Waals surface area contributed by atoms with Crippen LogP contribution in [0.5, 0.6) is 0 Å². The van der Waals surface area contributed by atoms with Crippen molar-refractivity contribution in [1.82, 2.24) is 5.32 Å². The average Bonchev–Trinajstić information content (AvgIpc) is 3.09. The molecule has 0 aromatic carbocycles. The lowest BCUT2D eigenvalue weighted by atomic mass is 9.98. The van der Waals surface area contributed by atoms with E-state index < -0.39 is 44.6 Å². The zero-order valence-electron chi connectivity index (χ0n) is 16.2. The van der Waals surface area contributed by atoms with Gasteiger partial charge >= 0.3 is 21.2 Å². The maximum atomic E-state index is 12.4. The number of rotatable bonds is 4. The number of nitrogens with one attached hydrogen (secondary N) is 1. The summed E-state index contributed by atoms with van der Waals surface area (Å²) in [6, 6.07) is -0.471. The topological polar surface area (TPSA) is 153 Å². The van der Waals surface area contributed by atoms with Crippen molar-refractivity contribution in [2.75, 3.05) is 6.54 Å². The summed E-state index contributed by atoms with van der Waals surface area (Å²) in [4.78, 5) is 49.8. The molecule has 164 valence electrons. The average molecular weight is 441 g/mol. The fourth-order valence-electron chi connectivity index (χ4n) is 4.16. The van der Waals surface area contributed by atoms with Crippen molar-refractivity contribution in [3.8, 4) is 0 Å². The van der Waals surface area contributed by atoms with Gasteiger partial charge in [0.2, 0.25) is 0 Å². The van der Waals surface area contributed by atoms with Crippen LogP contribution in [0.3, 0.4) is 0 Å². The van der Waals surface area contributed by atoms with E-state index >= 15 is 0 Å². The highest BCUT2D eigenvalue weighted by Crippen LogP contribution is 2.73. The monoisotopic (exact) mass is 441 g/mol. The van der Waals surface area contributed by atoms with Crippen molar-refractivity contribution in [3.05, 3.63) is 0 Å². The number of ether oxygens (including phenoxy) is 1. The molecule has 1 heterocycles. The van der Waals surface area contributed by atoms with Gasteiger partial charge in [-0.1, -0.05) is 38.5 Å². The van der Waals surface area contributed by atoms with Gasteiger partial charge in [-0.3, -0.25) is 13.9 Å². The predicted octanol–water partition coefficient (Wildman–Crippen LogP) is 2.62. The molecule has 11 heteroatoms. The summed E-state index contributed by atoms with van der Waals surface area (Å²) in [6.45, 7) is 0.694. The van der Waals surface area contributed by atoms with Crippen LogP contribution in [-0.2, 0) is 18.7 Å². The van der Waals surface area contributed by atoms with Crippen LogP contribution in [0, 0.1) is 0 Å². The maximum absolute atomic E-state index is 12.4. The molecule has 0 aromatic rings. The van der Waals surface area contributed by atoms with Crippen molar-refractivity contribution in [1.29, 1.82) is 0 Å². The molecular formula is C17H33NO8P2. The van der Waals surface area contributed by atoms with Crippen molar-refractivity contribution < 1.29 is 38.2 Å². The van der Waals surface area contributed by atoms with E-state index in [9.17, 15) is 33.5 Å². The molecule has 0 radical (unpaired) electrons. The van der Waals surface area contributed by atoms with E-state index in [1.807, 2.05) is 0 Å². The summed E-state index contributed by atoms with van der Waals surface area (Å²) in [6.07, 6.45) is 5.40. The van der Waals surface area contributed by atoms with Gasteiger partial charge in [0.1, 0.15) is 12.1 Å². The third-order valence-electron chi connectivity index (χ3n) is 5.87. The second-order valence-electron chi connectivity index (χ2n) is 8.00. The summed E-state index contributed by atoms with van der Waals surface area (Å²) in [5, 5.41) is 3.01. The molecule has 1 unspecified atom stereocenters. The van der Waals surface area contributed by atoms with Crippen LogP contribution < -0.4 is 5.32 Å². The molecule has 0 amide bonds. The van der Waals surface area contributed by atoms with Gasteiger partial charge in [-0.05, 0) is 38.6 Å². The van der Waals surface area contributed by atoms with E-state index in [2.05, 4.69) is 5.32 Å². The van der Waals surface area contributed by atoms with Gasteiger partial charge in [0, 0.05) is 6.42 Å². The predicted molar refractivity (Wildman–Crippen MR) is 104 cm³/mol. The fraction of sp³-hybridized carbons (Fsp3) is 0.941. The van der Waals surface area contributed by atoms with E-state index in [0.717, 1.165) is 32.1 Å². The largest absolute Gasteiger partial charge is 0.461 e. The molecule has 0 aromatic heterocycles. The molecule has 9 nitrogen and oxygen atoms in total. The molecule has 2 atom stereocenters. The smallest absolute Gasteiger partial charge is 0.343 e. The Morgan fingerprint density at radius 3 is 1.96 bits per heavy atom. The molecule has 2 aliphatic rings. The Bertz CT molecular complexity index is 588. The van der Waals surface area contributed by atoms with Crippen LogP contribution in [0.2, 0.25) is 0 Å². The first-order chi connectivity index (χ1) is 13.1. The van der Waals surface area contributed by atoms with Gasteiger partial charge in [0.05, 0.1) is 0 Å². The summed E-state index contributed by atoms with van der Waals surface area (Å²) < 4.78 is 30.2. The van der Waals surface area contributed by atoms with E-state index in [0.29, 0.717) is 38.6 Å². The number of carbonyl (C=O) groups is 1. The van der Waals surface area contributed by atoms with Crippen LogP contribution in [0.4, 0.5) is 0 Å². The molecule has 5 N–H and O–H groups in total. The zero-order valence-corrected chi connectivity index (χ0v) is 18.0. The summed E-state index contributed by atoms with van der Waals surface area (Å²) >= 11 is 0. The van der Waals surface area contributed by atoms with E-state index in [1.165, 1.54) is 0 Å². The summed E-state index contributed by atoms with van der Waals surface area (Å²) in [5.41, 5.74) is 0. The minimum atomic E-state index is -5.18. The van der Waals surface area contributed by atoms with Crippen LogP contribution in [0.25, 0.3) is 0 Å². The highest BCUT2D eigenvalue weighted by atomic mass is 31.2. The maximum Gasteiger partial charge on any atom is 0.343 e. The highest BCUT2D eigenvalue weighted by Gasteiger charge is 2.60. The number of hydrogen-bond donors (Lipinski definition) is 5. The molecule has 1 aliphatic heterocycles. The Labute approximate surface area is 165 Å². The lowest BCUT2D eigenvalue weighted by Crippen LogP contribution is -2.39. The second-order valence-corrected chi connectivity index (χ2v) is 12.2. The van der Waals surface area contributed by atoms with Crippen LogP contribution >= 0.6 is 15.2 Å². The molecule has 1 saturated heterocycles. The van der Waals surface area contributed by atoms with Crippen molar-refractivity contribution in [2.45, 2.75) is 94.1 Å². The first-order valence-electron chi connectivity index (χ1n) is 10.1. The third kappa shape index (κ3) is 6.11. The Morgan fingerprint density at radius 2 is 1.43 bits per heavy atom. The Hall–Kier alpha value is -0.270. The number of esters is 1. The number of carbonyl (C=O) groups excluding carboxylic acids is 1. The third-order valence-corrected chi connectivity index (χ3v) is 10.4.